The van der Waals surface area contributed by atoms with E-state index in [9.17, 15) is 0 Å². The van der Waals surface area contributed by atoms with Crippen molar-refractivity contribution in [3.8, 4) is 5.75 Å². The van der Waals surface area contributed by atoms with E-state index in [2.05, 4.69) is 107 Å². The summed E-state index contributed by atoms with van der Waals surface area (Å²) in [6.45, 7) is 23.3. The Morgan fingerprint density at radius 2 is 1.74 bits per heavy atom. The SMILES string of the molecule is C=Cc1ccc(CC(=C)N=C2/C(=C\C)CC(=C)CCC2C2CC=CC=C2C)c(OC)c1.CC.CC1CCC(Cc2ccccc2)CC1.[HH]. The minimum atomic E-state index is 0. The van der Waals surface area contributed by atoms with Crippen LogP contribution in [0.2, 0.25) is 0 Å². The van der Waals surface area contributed by atoms with Crippen molar-refractivity contribution in [2.75, 3.05) is 7.11 Å². The first-order valence-corrected chi connectivity index (χ1v) is 18.1. The van der Waals surface area contributed by atoms with Gasteiger partial charge >= 0.3 is 0 Å². The maximum Gasteiger partial charge on any atom is 0.123 e. The first kappa shape index (κ1) is 37.8. The fraction of sp³-hybridized carbons (Fsp3) is 0.444. The Labute approximate surface area is 289 Å². The summed E-state index contributed by atoms with van der Waals surface area (Å²) in [6.07, 6.45) is 22.6. The zero-order chi connectivity index (χ0) is 34.2. The number of hydrogen-bond donors (Lipinski definition) is 0. The molecular formula is C45H63NO. The Bertz CT molecular complexity index is 1430. The minimum Gasteiger partial charge on any atom is -0.496 e. The summed E-state index contributed by atoms with van der Waals surface area (Å²) in [5.74, 6) is 3.65. The number of benzene rings is 2. The highest BCUT2D eigenvalue weighted by molar-refractivity contribution is 6.03. The Balaban J connectivity index is 0.000000393. The normalized spacial score (nSPS) is 24.2. The molecule has 2 saturated carbocycles. The average molecular weight is 634 g/mol. The fourth-order valence-electron chi connectivity index (χ4n) is 7.16. The second-order valence-electron chi connectivity index (χ2n) is 13.4. The summed E-state index contributed by atoms with van der Waals surface area (Å²) in [7, 11) is 1.71. The summed E-state index contributed by atoms with van der Waals surface area (Å²) in [5, 5.41) is 0. The molecule has 2 heteroatoms. The van der Waals surface area contributed by atoms with Gasteiger partial charge < -0.3 is 4.74 Å². The van der Waals surface area contributed by atoms with E-state index >= 15 is 0 Å². The standard InChI is InChI=1S/C29H35NO.C14H20.C2H6.H2/c1-7-23-14-15-25(28(19-23)31-6)18-22(5)30-29-24(8-2)17-20(3)13-16-27(29)26-12-10-9-11-21(26)4;1-12-7-9-14(10-8-12)11-13-5-3-2-4-6-13;1-2;/h7-11,14-15,19,26-27H,1,3,5,12-13,16-18H2,2,4,6H3;2-6,12,14H,7-11H2,1H3;1-2H3;1H/b24-8-,30-29?;;;. The van der Waals surface area contributed by atoms with Crippen LogP contribution in [0.15, 0.2) is 120 Å². The van der Waals surface area contributed by atoms with Crippen LogP contribution >= 0.6 is 0 Å². The van der Waals surface area contributed by atoms with Crippen molar-refractivity contribution in [3.63, 3.8) is 0 Å². The van der Waals surface area contributed by atoms with E-state index in [1.165, 1.54) is 60.1 Å². The monoisotopic (exact) mass is 633 g/mol. The van der Waals surface area contributed by atoms with Crippen LogP contribution in [0.3, 0.4) is 0 Å². The van der Waals surface area contributed by atoms with Gasteiger partial charge in [-0.05, 0) is 99.3 Å². The van der Waals surface area contributed by atoms with E-state index < -0.39 is 0 Å². The van der Waals surface area contributed by atoms with Gasteiger partial charge in [0.2, 0.25) is 0 Å². The maximum absolute atomic E-state index is 5.61. The van der Waals surface area contributed by atoms with Crippen LogP contribution in [0.25, 0.3) is 6.08 Å². The maximum atomic E-state index is 5.61. The van der Waals surface area contributed by atoms with Gasteiger partial charge in [0.25, 0.3) is 0 Å². The number of rotatable bonds is 8. The molecule has 5 rings (SSSR count). The Morgan fingerprint density at radius 3 is 2.38 bits per heavy atom. The molecule has 3 aliphatic rings. The number of nitrogens with zero attached hydrogens (tertiary/aromatic N) is 1. The Kier molecular flexibility index (Phi) is 16.0. The predicted octanol–water partition coefficient (Wildman–Crippen LogP) is 13.0. The van der Waals surface area contributed by atoms with Crippen LogP contribution in [0.1, 0.15) is 104 Å². The number of ether oxygens (including phenoxy) is 1. The Hall–Kier alpha value is -3.65. The molecule has 3 aliphatic carbocycles. The lowest BCUT2D eigenvalue weighted by Gasteiger charge is -2.30. The second-order valence-corrected chi connectivity index (χ2v) is 13.4. The van der Waals surface area contributed by atoms with Crippen molar-refractivity contribution in [3.05, 3.63) is 132 Å². The molecule has 0 bridgehead atoms. The van der Waals surface area contributed by atoms with Crippen molar-refractivity contribution in [2.45, 2.75) is 98.8 Å². The molecule has 0 saturated heterocycles. The third-order valence-corrected chi connectivity index (χ3v) is 9.96. The van der Waals surface area contributed by atoms with Crippen molar-refractivity contribution in [1.29, 1.82) is 0 Å². The van der Waals surface area contributed by atoms with Crippen LogP contribution in [0, 0.1) is 23.7 Å². The molecule has 0 N–H and O–H groups in total. The number of methoxy groups -OCH3 is 1. The zero-order valence-electron chi connectivity index (χ0n) is 30.4. The van der Waals surface area contributed by atoms with Gasteiger partial charge in [0.1, 0.15) is 5.75 Å². The van der Waals surface area contributed by atoms with Crippen molar-refractivity contribution >= 4 is 11.8 Å². The van der Waals surface area contributed by atoms with Crippen molar-refractivity contribution in [2.24, 2.45) is 28.7 Å². The molecule has 2 unspecified atom stereocenters. The summed E-state index contributed by atoms with van der Waals surface area (Å²) in [5.41, 5.74) is 9.75. The molecule has 2 fully saturated rings. The topological polar surface area (TPSA) is 21.6 Å². The quantitative estimate of drug-likeness (QED) is 0.209. The minimum absolute atomic E-state index is 0. The van der Waals surface area contributed by atoms with Crippen LogP contribution in [0.5, 0.6) is 5.75 Å². The molecule has 0 spiro atoms. The highest BCUT2D eigenvalue weighted by Crippen LogP contribution is 2.39. The van der Waals surface area contributed by atoms with Gasteiger partial charge in [0, 0.05) is 30.7 Å². The van der Waals surface area contributed by atoms with E-state index in [-0.39, 0.29) is 1.43 Å². The molecular weight excluding hydrogens is 571 g/mol. The van der Waals surface area contributed by atoms with Crippen molar-refractivity contribution < 1.29 is 6.16 Å². The van der Waals surface area contributed by atoms with E-state index in [0.29, 0.717) is 18.3 Å². The van der Waals surface area contributed by atoms with E-state index in [4.69, 9.17) is 9.73 Å². The van der Waals surface area contributed by atoms with Crippen LogP contribution < -0.4 is 4.74 Å². The summed E-state index contributed by atoms with van der Waals surface area (Å²) >= 11 is 0. The molecule has 2 atom stereocenters. The zero-order valence-corrected chi connectivity index (χ0v) is 30.4. The van der Waals surface area contributed by atoms with Gasteiger partial charge in [-0.1, -0.05) is 137 Å². The third-order valence-electron chi connectivity index (χ3n) is 9.96. The van der Waals surface area contributed by atoms with Gasteiger partial charge in [-0.15, -0.1) is 0 Å². The lowest BCUT2D eigenvalue weighted by molar-refractivity contribution is 0.289. The summed E-state index contributed by atoms with van der Waals surface area (Å²) in [6, 6.07) is 17.1. The Morgan fingerprint density at radius 1 is 1.02 bits per heavy atom. The second kappa shape index (κ2) is 19.9. The molecule has 254 valence electrons. The largest absolute Gasteiger partial charge is 0.496 e. The molecule has 0 radical (unpaired) electrons. The van der Waals surface area contributed by atoms with E-state index in [0.717, 1.165) is 60.1 Å². The molecule has 0 heterocycles. The smallest absolute Gasteiger partial charge is 0.123 e. The van der Waals surface area contributed by atoms with Crippen molar-refractivity contribution in [1.82, 2.24) is 0 Å². The first-order valence-electron chi connectivity index (χ1n) is 18.1. The van der Waals surface area contributed by atoms with Gasteiger partial charge in [-0.2, -0.15) is 0 Å². The van der Waals surface area contributed by atoms with Gasteiger partial charge in [-0.25, -0.2) is 0 Å². The average Bonchev–Trinajstić information content (AvgIpc) is 3.25. The number of aliphatic imine (C=N–C) groups is 1. The van der Waals surface area contributed by atoms with Gasteiger partial charge in [0.05, 0.1) is 7.11 Å². The fourth-order valence-corrected chi connectivity index (χ4v) is 7.16. The number of allylic oxidation sites excluding steroid dienone is 8. The highest BCUT2D eigenvalue weighted by Gasteiger charge is 2.32. The van der Waals surface area contributed by atoms with E-state index in [1.54, 1.807) is 7.11 Å². The lowest BCUT2D eigenvalue weighted by Crippen LogP contribution is -2.26. The number of hydrogen-bond acceptors (Lipinski definition) is 2. The molecule has 0 aliphatic heterocycles. The summed E-state index contributed by atoms with van der Waals surface area (Å²) in [4.78, 5) is 5.17. The first-order chi connectivity index (χ1) is 22.8. The molecule has 0 aromatic heterocycles. The molecule has 2 aromatic carbocycles. The molecule has 2 aromatic rings. The predicted molar refractivity (Wildman–Crippen MR) is 209 cm³/mol. The highest BCUT2D eigenvalue weighted by atomic mass is 16.5. The van der Waals surface area contributed by atoms with Gasteiger partial charge in [0.15, 0.2) is 0 Å². The van der Waals surface area contributed by atoms with Crippen LogP contribution in [-0.4, -0.2) is 12.8 Å². The van der Waals surface area contributed by atoms with Crippen LogP contribution in [-0.2, 0) is 12.8 Å². The summed E-state index contributed by atoms with van der Waals surface area (Å²) < 4.78 is 5.61. The molecule has 0 amide bonds. The lowest BCUT2D eigenvalue weighted by atomic mass is 9.76. The van der Waals surface area contributed by atoms with Crippen LogP contribution in [0.4, 0.5) is 0 Å². The van der Waals surface area contributed by atoms with Gasteiger partial charge in [-0.3, -0.25) is 4.99 Å². The molecule has 47 heavy (non-hydrogen) atoms. The van der Waals surface area contributed by atoms with E-state index in [1.807, 2.05) is 26.0 Å². The molecule has 2 nitrogen and oxygen atoms in total. The third kappa shape index (κ3) is 11.5.